The highest BCUT2D eigenvalue weighted by molar-refractivity contribution is 5.45. The van der Waals surface area contributed by atoms with Crippen molar-refractivity contribution in [3.63, 3.8) is 0 Å². The number of terminal acetylenes is 1. The second kappa shape index (κ2) is 4.27. The van der Waals surface area contributed by atoms with Crippen molar-refractivity contribution < 1.29 is 14.6 Å². The molecule has 0 aliphatic carbocycles. The molecule has 0 heterocycles. The molecule has 0 spiro atoms. The predicted molar refractivity (Wildman–Crippen MR) is 49.0 cm³/mol. The summed E-state index contributed by atoms with van der Waals surface area (Å²) >= 11 is 0. The molecule has 3 nitrogen and oxygen atoms in total. The minimum absolute atomic E-state index is 0.118. The fraction of sp³-hybridized carbons (Fsp3) is 0.200. The summed E-state index contributed by atoms with van der Waals surface area (Å²) in [4.78, 5) is 0. The number of hydrogen-bond acceptors (Lipinski definition) is 3. The van der Waals surface area contributed by atoms with E-state index in [4.69, 9.17) is 21.0 Å². The van der Waals surface area contributed by atoms with Gasteiger partial charge in [0.15, 0.2) is 11.5 Å². The second-order valence-electron chi connectivity index (χ2n) is 2.33. The van der Waals surface area contributed by atoms with E-state index in [1.165, 1.54) is 19.2 Å². The highest BCUT2D eigenvalue weighted by Crippen LogP contribution is 2.30. The summed E-state index contributed by atoms with van der Waals surface area (Å²) in [5, 5.41) is 9.15. The van der Waals surface area contributed by atoms with E-state index in [-0.39, 0.29) is 12.4 Å². The molecular formula is C10H10O3. The van der Waals surface area contributed by atoms with Crippen molar-refractivity contribution in [3.05, 3.63) is 18.2 Å². The number of benzene rings is 1. The summed E-state index contributed by atoms with van der Waals surface area (Å²) in [5.41, 5.74) is 0. The maximum atomic E-state index is 9.15. The zero-order valence-electron chi connectivity index (χ0n) is 7.28. The molecule has 0 bridgehead atoms. The third-order valence-electron chi connectivity index (χ3n) is 1.46. The Kier molecular flexibility index (Phi) is 3.04. The third kappa shape index (κ3) is 2.31. The summed E-state index contributed by atoms with van der Waals surface area (Å²) < 4.78 is 10.1. The number of methoxy groups -OCH3 is 1. The normalized spacial score (nSPS) is 8.92. The highest BCUT2D eigenvalue weighted by atomic mass is 16.5. The molecule has 13 heavy (non-hydrogen) atoms. The van der Waals surface area contributed by atoms with Gasteiger partial charge in [0.05, 0.1) is 7.11 Å². The van der Waals surface area contributed by atoms with E-state index in [2.05, 4.69) is 5.92 Å². The Morgan fingerprint density at radius 2 is 2.23 bits per heavy atom. The van der Waals surface area contributed by atoms with Crippen LogP contribution in [0.2, 0.25) is 0 Å². The molecular weight excluding hydrogens is 168 g/mol. The van der Waals surface area contributed by atoms with Crippen molar-refractivity contribution in [1.82, 2.24) is 0 Å². The van der Waals surface area contributed by atoms with E-state index < -0.39 is 0 Å². The molecule has 1 N–H and O–H groups in total. The topological polar surface area (TPSA) is 38.7 Å². The van der Waals surface area contributed by atoms with Crippen molar-refractivity contribution in [2.24, 2.45) is 0 Å². The Hall–Kier alpha value is -1.82. The molecule has 0 fully saturated rings. The first-order valence-electron chi connectivity index (χ1n) is 3.71. The zero-order chi connectivity index (χ0) is 9.68. The fourth-order valence-electron chi connectivity index (χ4n) is 0.898. The standard InChI is InChI=1S/C10H10O3/c1-3-6-13-10-7-8(11)4-5-9(10)12-2/h1,4-5,7,11H,6H2,2H3. The average Bonchev–Trinajstić information content (AvgIpc) is 2.15. The molecule has 1 rings (SSSR count). The Labute approximate surface area is 76.9 Å². The third-order valence-corrected chi connectivity index (χ3v) is 1.46. The van der Waals surface area contributed by atoms with Gasteiger partial charge in [0.25, 0.3) is 0 Å². The van der Waals surface area contributed by atoms with Gasteiger partial charge >= 0.3 is 0 Å². The molecule has 0 radical (unpaired) electrons. The Morgan fingerprint density at radius 1 is 1.46 bits per heavy atom. The van der Waals surface area contributed by atoms with Gasteiger partial charge in [-0.05, 0) is 12.1 Å². The number of aromatic hydroxyl groups is 1. The first kappa shape index (κ1) is 9.27. The summed E-state index contributed by atoms with van der Waals surface area (Å²) in [5.74, 6) is 3.44. The number of ether oxygens (including phenoxy) is 2. The molecule has 68 valence electrons. The monoisotopic (exact) mass is 178 g/mol. The van der Waals surface area contributed by atoms with E-state index >= 15 is 0 Å². The quantitative estimate of drug-likeness (QED) is 0.711. The van der Waals surface area contributed by atoms with Crippen LogP contribution in [0.3, 0.4) is 0 Å². The van der Waals surface area contributed by atoms with Crippen LogP contribution >= 0.6 is 0 Å². The Balaban J connectivity index is 2.89. The first-order valence-corrected chi connectivity index (χ1v) is 3.71. The largest absolute Gasteiger partial charge is 0.508 e. The van der Waals surface area contributed by atoms with Crippen LogP contribution in [0.4, 0.5) is 0 Å². The molecule has 3 heteroatoms. The van der Waals surface area contributed by atoms with Crippen LogP contribution in [0.5, 0.6) is 17.2 Å². The van der Waals surface area contributed by atoms with Crippen LogP contribution in [0.25, 0.3) is 0 Å². The average molecular weight is 178 g/mol. The summed E-state index contributed by atoms with van der Waals surface area (Å²) in [6.45, 7) is 0.153. The second-order valence-corrected chi connectivity index (χ2v) is 2.33. The molecule has 1 aromatic rings. The zero-order valence-corrected chi connectivity index (χ0v) is 7.28. The molecule has 0 aromatic heterocycles. The molecule has 0 atom stereocenters. The summed E-state index contributed by atoms with van der Waals surface area (Å²) in [6, 6.07) is 4.58. The lowest BCUT2D eigenvalue weighted by molar-refractivity contribution is 0.328. The van der Waals surface area contributed by atoms with Crippen molar-refractivity contribution in [1.29, 1.82) is 0 Å². The lowest BCUT2D eigenvalue weighted by Gasteiger charge is -2.08. The molecule has 0 unspecified atom stereocenters. The van der Waals surface area contributed by atoms with Gasteiger partial charge in [0.2, 0.25) is 0 Å². The van der Waals surface area contributed by atoms with Crippen molar-refractivity contribution in [2.45, 2.75) is 0 Å². The predicted octanol–water partition coefficient (Wildman–Crippen LogP) is 1.41. The SMILES string of the molecule is C#CCOc1cc(O)ccc1OC. The summed E-state index contributed by atoms with van der Waals surface area (Å²) in [6.07, 6.45) is 5.03. The molecule has 0 aliphatic heterocycles. The molecule has 1 aromatic carbocycles. The van der Waals surface area contributed by atoms with Gasteiger partial charge in [0, 0.05) is 6.07 Å². The van der Waals surface area contributed by atoms with Gasteiger partial charge < -0.3 is 14.6 Å². The molecule has 0 aliphatic rings. The number of phenols is 1. The maximum absolute atomic E-state index is 9.15. The molecule has 0 saturated carbocycles. The van der Waals surface area contributed by atoms with Gasteiger partial charge in [-0.1, -0.05) is 5.92 Å². The van der Waals surface area contributed by atoms with Crippen LogP contribution in [0.15, 0.2) is 18.2 Å². The lowest BCUT2D eigenvalue weighted by atomic mass is 10.3. The van der Waals surface area contributed by atoms with E-state index in [1.54, 1.807) is 6.07 Å². The van der Waals surface area contributed by atoms with E-state index in [9.17, 15) is 0 Å². The van der Waals surface area contributed by atoms with Gasteiger partial charge in [-0.15, -0.1) is 6.42 Å². The minimum Gasteiger partial charge on any atom is -0.508 e. The smallest absolute Gasteiger partial charge is 0.166 e. The Bertz CT molecular complexity index is 325. The molecule has 0 saturated heterocycles. The van der Waals surface area contributed by atoms with Gasteiger partial charge in [-0.3, -0.25) is 0 Å². The van der Waals surface area contributed by atoms with Crippen LogP contribution in [-0.4, -0.2) is 18.8 Å². The highest BCUT2D eigenvalue weighted by Gasteiger charge is 2.03. The van der Waals surface area contributed by atoms with Crippen LogP contribution in [0.1, 0.15) is 0 Å². The van der Waals surface area contributed by atoms with Gasteiger partial charge in [-0.2, -0.15) is 0 Å². The minimum atomic E-state index is 0.118. The number of rotatable bonds is 3. The molecule has 0 amide bonds. The van der Waals surface area contributed by atoms with Gasteiger partial charge in [-0.25, -0.2) is 0 Å². The maximum Gasteiger partial charge on any atom is 0.166 e. The van der Waals surface area contributed by atoms with Crippen LogP contribution in [0, 0.1) is 12.3 Å². The van der Waals surface area contributed by atoms with E-state index in [1.807, 2.05) is 0 Å². The Morgan fingerprint density at radius 3 is 2.85 bits per heavy atom. The van der Waals surface area contributed by atoms with Crippen molar-refractivity contribution in [2.75, 3.05) is 13.7 Å². The lowest BCUT2D eigenvalue weighted by Crippen LogP contribution is -1.96. The van der Waals surface area contributed by atoms with Crippen LogP contribution in [-0.2, 0) is 0 Å². The first-order chi connectivity index (χ1) is 6.27. The van der Waals surface area contributed by atoms with Gasteiger partial charge in [0.1, 0.15) is 12.4 Å². The van der Waals surface area contributed by atoms with E-state index in [0.29, 0.717) is 11.5 Å². The van der Waals surface area contributed by atoms with E-state index in [0.717, 1.165) is 0 Å². The summed E-state index contributed by atoms with van der Waals surface area (Å²) in [7, 11) is 1.52. The number of hydrogen-bond donors (Lipinski definition) is 1. The number of phenolic OH excluding ortho intramolecular Hbond substituents is 1. The van der Waals surface area contributed by atoms with Crippen LogP contribution < -0.4 is 9.47 Å². The fourth-order valence-corrected chi connectivity index (χ4v) is 0.898. The van der Waals surface area contributed by atoms with Crippen molar-refractivity contribution in [3.8, 4) is 29.6 Å². The van der Waals surface area contributed by atoms with Crippen molar-refractivity contribution >= 4 is 0 Å².